The van der Waals surface area contributed by atoms with E-state index in [1.807, 2.05) is 19.1 Å². The quantitative estimate of drug-likeness (QED) is 0.918. The average molecular weight is 308 g/mol. The van der Waals surface area contributed by atoms with E-state index in [1.54, 1.807) is 12.1 Å². The van der Waals surface area contributed by atoms with Crippen LogP contribution in [0.1, 0.15) is 32.0 Å². The molecule has 2 N–H and O–H groups in total. The molecule has 1 fully saturated rings. The fraction of sp³-hybridized carbons (Fsp3) is 0.467. The zero-order valence-corrected chi connectivity index (χ0v) is 12.6. The van der Waals surface area contributed by atoms with Crippen molar-refractivity contribution in [2.45, 2.75) is 37.8 Å². The lowest BCUT2D eigenvalue weighted by molar-refractivity contribution is -0.0222. The summed E-state index contributed by atoms with van der Waals surface area (Å²) in [5.74, 6) is 0.883. The van der Waals surface area contributed by atoms with Gasteiger partial charge in [0.1, 0.15) is 5.54 Å². The number of nitrogens with two attached hydrogens (primary N) is 1. The third-order valence-corrected chi connectivity index (χ3v) is 3.95. The molecule has 3 rings (SSSR count). The summed E-state index contributed by atoms with van der Waals surface area (Å²) in [6.45, 7) is 2.24. The lowest BCUT2D eigenvalue weighted by atomic mass is 9.95. The molecule has 1 aliphatic rings. The molecule has 0 spiro atoms. The average Bonchev–Trinajstić information content (AvgIpc) is 2.88. The molecule has 1 heterocycles. The summed E-state index contributed by atoms with van der Waals surface area (Å²) in [5.41, 5.74) is 6.30. The van der Waals surface area contributed by atoms with Crippen LogP contribution in [0.5, 0.6) is 0 Å². The number of ether oxygens (including phenoxy) is 1. The molecule has 1 saturated carbocycles. The molecule has 0 aliphatic heterocycles. The molecule has 1 aliphatic carbocycles. The Labute approximate surface area is 128 Å². The summed E-state index contributed by atoms with van der Waals surface area (Å²) in [4.78, 5) is 4.38. The number of benzene rings is 1. The normalized spacial score (nSPS) is 18.2. The first-order chi connectivity index (χ1) is 10.0. The van der Waals surface area contributed by atoms with Crippen LogP contribution in [0.2, 0.25) is 5.02 Å². The minimum absolute atomic E-state index is 0.329. The molecule has 1 atom stereocenters. The lowest BCUT2D eigenvalue weighted by Crippen LogP contribution is -2.41. The van der Waals surface area contributed by atoms with Gasteiger partial charge in [-0.1, -0.05) is 16.8 Å². The van der Waals surface area contributed by atoms with Crippen molar-refractivity contribution < 1.29 is 9.26 Å². The molecule has 21 heavy (non-hydrogen) atoms. The summed E-state index contributed by atoms with van der Waals surface area (Å²) in [6.07, 6.45) is 3.78. The van der Waals surface area contributed by atoms with Gasteiger partial charge in [-0.3, -0.25) is 0 Å². The van der Waals surface area contributed by atoms with Crippen molar-refractivity contribution in [3.05, 3.63) is 35.1 Å². The van der Waals surface area contributed by atoms with Crippen LogP contribution in [-0.2, 0) is 10.3 Å². The van der Waals surface area contributed by atoms with Crippen LogP contribution < -0.4 is 5.73 Å². The van der Waals surface area contributed by atoms with Crippen LogP contribution in [-0.4, -0.2) is 22.9 Å². The van der Waals surface area contributed by atoms with Gasteiger partial charge in [0.25, 0.3) is 5.89 Å². The van der Waals surface area contributed by atoms with Crippen LogP contribution in [0.25, 0.3) is 11.5 Å². The molecule has 1 aromatic heterocycles. The van der Waals surface area contributed by atoms with E-state index in [9.17, 15) is 0 Å². The second kappa shape index (κ2) is 5.75. The van der Waals surface area contributed by atoms with Crippen molar-refractivity contribution in [1.82, 2.24) is 10.1 Å². The highest BCUT2D eigenvalue weighted by atomic mass is 35.5. The van der Waals surface area contributed by atoms with Gasteiger partial charge < -0.3 is 15.0 Å². The second-order valence-electron chi connectivity index (χ2n) is 5.71. The van der Waals surface area contributed by atoms with Gasteiger partial charge in [-0.05, 0) is 50.5 Å². The molecule has 5 nitrogen and oxygen atoms in total. The smallest absolute Gasteiger partial charge is 0.257 e. The monoisotopic (exact) mass is 307 g/mol. The van der Waals surface area contributed by atoms with Gasteiger partial charge >= 0.3 is 0 Å². The van der Waals surface area contributed by atoms with Crippen LogP contribution >= 0.6 is 11.6 Å². The molecule has 0 radical (unpaired) electrons. The Kier molecular flexibility index (Phi) is 3.97. The molecule has 1 unspecified atom stereocenters. The van der Waals surface area contributed by atoms with Crippen molar-refractivity contribution in [2.75, 3.05) is 6.61 Å². The summed E-state index contributed by atoms with van der Waals surface area (Å²) in [5, 5.41) is 4.65. The standard InChI is InChI=1S/C15H18ClN3O2/c1-15(17,9-20-12-3-2-4-12)14-18-13(21-19-14)10-5-7-11(16)8-6-10/h5-8,12H,2-4,9,17H2,1H3. The van der Waals surface area contributed by atoms with Crippen molar-refractivity contribution in [2.24, 2.45) is 5.73 Å². The first kappa shape index (κ1) is 14.5. The minimum Gasteiger partial charge on any atom is -0.376 e. The summed E-state index contributed by atoms with van der Waals surface area (Å²) in [6, 6.07) is 7.22. The van der Waals surface area contributed by atoms with Crippen molar-refractivity contribution >= 4 is 11.6 Å². The highest BCUT2D eigenvalue weighted by Gasteiger charge is 2.30. The Morgan fingerprint density at radius 2 is 2.10 bits per heavy atom. The number of nitrogens with zero attached hydrogens (tertiary/aromatic N) is 2. The predicted molar refractivity (Wildman–Crippen MR) is 79.9 cm³/mol. The maximum Gasteiger partial charge on any atom is 0.257 e. The second-order valence-corrected chi connectivity index (χ2v) is 6.15. The number of hydrogen-bond acceptors (Lipinski definition) is 5. The summed E-state index contributed by atoms with van der Waals surface area (Å²) in [7, 11) is 0. The third-order valence-electron chi connectivity index (χ3n) is 3.70. The Morgan fingerprint density at radius 3 is 2.71 bits per heavy atom. The number of rotatable bonds is 5. The fourth-order valence-corrected chi connectivity index (χ4v) is 2.18. The van der Waals surface area contributed by atoms with Gasteiger partial charge in [0.05, 0.1) is 12.7 Å². The number of aromatic nitrogens is 2. The van der Waals surface area contributed by atoms with E-state index in [2.05, 4.69) is 10.1 Å². The van der Waals surface area contributed by atoms with Crippen LogP contribution in [0.15, 0.2) is 28.8 Å². The highest BCUT2D eigenvalue weighted by Crippen LogP contribution is 2.26. The SMILES string of the molecule is CC(N)(COC1CCC1)c1noc(-c2ccc(Cl)cc2)n1. The van der Waals surface area contributed by atoms with Crippen LogP contribution in [0.3, 0.4) is 0 Å². The van der Waals surface area contributed by atoms with E-state index in [4.69, 9.17) is 26.6 Å². The molecule has 0 amide bonds. The van der Waals surface area contributed by atoms with Gasteiger partial charge in [-0.15, -0.1) is 0 Å². The first-order valence-corrected chi connectivity index (χ1v) is 7.43. The van der Waals surface area contributed by atoms with Gasteiger partial charge in [0.15, 0.2) is 5.82 Å². The molecular weight excluding hydrogens is 290 g/mol. The first-order valence-electron chi connectivity index (χ1n) is 7.05. The Balaban J connectivity index is 1.71. The topological polar surface area (TPSA) is 74.2 Å². The Morgan fingerprint density at radius 1 is 1.38 bits per heavy atom. The van der Waals surface area contributed by atoms with Gasteiger partial charge in [-0.2, -0.15) is 4.98 Å². The van der Waals surface area contributed by atoms with E-state index in [-0.39, 0.29) is 0 Å². The molecule has 1 aromatic carbocycles. The maximum absolute atomic E-state index is 6.25. The predicted octanol–water partition coefficient (Wildman–Crippen LogP) is 3.13. The molecule has 112 valence electrons. The van der Waals surface area contributed by atoms with Crippen LogP contribution in [0, 0.1) is 0 Å². The lowest BCUT2D eigenvalue weighted by Gasteiger charge is -2.29. The van der Waals surface area contributed by atoms with E-state index < -0.39 is 5.54 Å². The van der Waals surface area contributed by atoms with Crippen molar-refractivity contribution in [1.29, 1.82) is 0 Å². The Bertz CT molecular complexity index is 606. The summed E-state index contributed by atoms with van der Waals surface area (Å²) >= 11 is 5.86. The van der Waals surface area contributed by atoms with Gasteiger partial charge in [0.2, 0.25) is 0 Å². The van der Waals surface area contributed by atoms with Crippen molar-refractivity contribution in [3.8, 4) is 11.5 Å². The van der Waals surface area contributed by atoms with E-state index in [1.165, 1.54) is 6.42 Å². The molecule has 0 bridgehead atoms. The zero-order valence-electron chi connectivity index (χ0n) is 11.9. The fourth-order valence-electron chi connectivity index (χ4n) is 2.06. The summed E-state index contributed by atoms with van der Waals surface area (Å²) < 4.78 is 11.0. The Hall–Kier alpha value is -1.43. The van der Waals surface area contributed by atoms with Crippen molar-refractivity contribution in [3.63, 3.8) is 0 Å². The molecule has 6 heteroatoms. The van der Waals surface area contributed by atoms with E-state index >= 15 is 0 Å². The molecule has 2 aromatic rings. The minimum atomic E-state index is -0.760. The van der Waals surface area contributed by atoms with E-state index in [0.29, 0.717) is 29.4 Å². The molecule has 0 saturated heterocycles. The number of hydrogen-bond donors (Lipinski definition) is 1. The third kappa shape index (κ3) is 3.26. The largest absolute Gasteiger partial charge is 0.376 e. The van der Waals surface area contributed by atoms with E-state index in [0.717, 1.165) is 18.4 Å². The maximum atomic E-state index is 6.25. The molecular formula is C15H18ClN3O2. The number of halogens is 1. The van der Waals surface area contributed by atoms with Gasteiger partial charge in [-0.25, -0.2) is 0 Å². The van der Waals surface area contributed by atoms with Gasteiger partial charge in [0, 0.05) is 10.6 Å². The zero-order chi connectivity index (χ0) is 14.9. The van der Waals surface area contributed by atoms with Crippen LogP contribution in [0.4, 0.5) is 0 Å². The highest BCUT2D eigenvalue weighted by molar-refractivity contribution is 6.30.